The van der Waals surface area contributed by atoms with Gasteiger partial charge in [0, 0.05) is 10.7 Å². The molecule has 1 aromatic carbocycles. The Morgan fingerprint density at radius 3 is 2.45 bits per heavy atom. The van der Waals surface area contributed by atoms with Crippen molar-refractivity contribution in [2.24, 2.45) is 0 Å². The summed E-state index contributed by atoms with van der Waals surface area (Å²) in [6.45, 7) is 1.91. The summed E-state index contributed by atoms with van der Waals surface area (Å²) in [7, 11) is -2.11. The summed E-state index contributed by atoms with van der Waals surface area (Å²) in [6.07, 6.45) is 4.53. The second-order valence-corrected chi connectivity index (χ2v) is 6.87. The van der Waals surface area contributed by atoms with Crippen LogP contribution in [-0.4, -0.2) is 19.5 Å². The maximum atomic E-state index is 12.6. The number of benzene rings is 1. The molecule has 20 heavy (non-hydrogen) atoms. The highest BCUT2D eigenvalue weighted by atomic mass is 79.9. The minimum atomic E-state index is -3.62. The summed E-state index contributed by atoms with van der Waals surface area (Å²) < 4.78 is 32.0. The van der Waals surface area contributed by atoms with Gasteiger partial charge in [0.1, 0.15) is 0 Å². The monoisotopic (exact) mass is 355 g/mol. The molecule has 0 bridgehead atoms. The number of ether oxygens (including phenoxy) is 1. The fourth-order valence-corrected chi connectivity index (χ4v) is 3.63. The molecule has 0 unspecified atom stereocenters. The predicted octanol–water partition coefficient (Wildman–Crippen LogP) is 3.41. The van der Waals surface area contributed by atoms with E-state index in [4.69, 9.17) is 4.74 Å². The average molecular weight is 356 g/mol. The van der Waals surface area contributed by atoms with Gasteiger partial charge in [0.05, 0.1) is 24.0 Å². The Balaban J connectivity index is 2.55. The summed E-state index contributed by atoms with van der Waals surface area (Å²) in [5.41, 5.74) is 1.52. The molecule has 6 heteroatoms. The minimum absolute atomic E-state index is 0.248. The summed E-state index contributed by atoms with van der Waals surface area (Å²) >= 11 is 3.33. The van der Waals surface area contributed by atoms with E-state index in [1.807, 2.05) is 6.92 Å². The molecule has 0 aliphatic heterocycles. The van der Waals surface area contributed by atoms with Crippen molar-refractivity contribution in [3.8, 4) is 0 Å². The fraction of sp³-hybridized carbons (Fsp3) is 0.143. The summed E-state index contributed by atoms with van der Waals surface area (Å²) in [6, 6.07) is 8.43. The van der Waals surface area contributed by atoms with Crippen LogP contribution >= 0.6 is 15.9 Å². The minimum Gasteiger partial charge on any atom is -0.504 e. The lowest BCUT2D eigenvalue weighted by Crippen LogP contribution is -2.13. The first-order valence-electron chi connectivity index (χ1n) is 5.85. The van der Waals surface area contributed by atoms with E-state index in [0.717, 1.165) is 5.56 Å². The van der Waals surface area contributed by atoms with Crippen molar-refractivity contribution >= 4 is 32.0 Å². The van der Waals surface area contributed by atoms with Crippen LogP contribution in [0.5, 0.6) is 0 Å². The highest BCUT2D eigenvalue weighted by molar-refractivity contribution is 9.10. The Labute approximate surface area is 126 Å². The van der Waals surface area contributed by atoms with E-state index in [1.165, 1.54) is 23.5 Å². The SMILES string of the molecule is CO/C=C/c1c(Br)ccn1S(=O)(=O)c1ccc(C)cc1. The maximum Gasteiger partial charge on any atom is 0.268 e. The maximum absolute atomic E-state index is 12.6. The first-order valence-corrected chi connectivity index (χ1v) is 8.08. The molecular weight excluding hydrogens is 342 g/mol. The van der Waals surface area contributed by atoms with Crippen molar-refractivity contribution in [2.45, 2.75) is 11.8 Å². The zero-order chi connectivity index (χ0) is 14.8. The van der Waals surface area contributed by atoms with E-state index in [2.05, 4.69) is 15.9 Å². The number of hydrogen-bond acceptors (Lipinski definition) is 3. The molecule has 0 atom stereocenters. The molecular formula is C14H14BrNO3S. The van der Waals surface area contributed by atoms with Gasteiger partial charge < -0.3 is 4.74 Å². The van der Waals surface area contributed by atoms with Gasteiger partial charge in [-0.1, -0.05) is 17.7 Å². The molecule has 106 valence electrons. The van der Waals surface area contributed by atoms with Crippen molar-refractivity contribution in [1.29, 1.82) is 0 Å². The second-order valence-electron chi connectivity index (χ2n) is 4.20. The third-order valence-corrected chi connectivity index (χ3v) is 5.15. The van der Waals surface area contributed by atoms with Gasteiger partial charge in [-0.3, -0.25) is 0 Å². The number of aromatic nitrogens is 1. The molecule has 2 aromatic rings. The highest BCUT2D eigenvalue weighted by Gasteiger charge is 2.20. The van der Waals surface area contributed by atoms with Gasteiger partial charge in [-0.05, 0) is 47.1 Å². The molecule has 1 heterocycles. The molecule has 0 fully saturated rings. The lowest BCUT2D eigenvalue weighted by atomic mass is 10.2. The highest BCUT2D eigenvalue weighted by Crippen LogP contribution is 2.24. The van der Waals surface area contributed by atoms with Gasteiger partial charge in [0.2, 0.25) is 0 Å². The van der Waals surface area contributed by atoms with E-state index in [9.17, 15) is 8.42 Å². The van der Waals surface area contributed by atoms with E-state index in [1.54, 1.807) is 36.4 Å². The predicted molar refractivity (Wildman–Crippen MR) is 81.9 cm³/mol. The molecule has 0 aliphatic rings. The van der Waals surface area contributed by atoms with Gasteiger partial charge in [-0.2, -0.15) is 0 Å². The molecule has 0 saturated carbocycles. The molecule has 1 aromatic heterocycles. The van der Waals surface area contributed by atoms with Crippen LogP contribution in [0.15, 0.2) is 52.2 Å². The van der Waals surface area contributed by atoms with Crippen LogP contribution < -0.4 is 0 Å². The number of hydrogen-bond donors (Lipinski definition) is 0. The normalized spacial score (nSPS) is 11.9. The standard InChI is InChI=1S/C14H14BrNO3S/c1-11-3-5-12(6-4-11)20(17,18)16-9-7-13(15)14(16)8-10-19-2/h3-10H,1-2H3/b10-8+. The van der Waals surface area contributed by atoms with Crippen LogP contribution in [0.2, 0.25) is 0 Å². The number of halogens is 1. The molecule has 4 nitrogen and oxygen atoms in total. The van der Waals surface area contributed by atoms with Gasteiger partial charge in [0.15, 0.2) is 0 Å². The van der Waals surface area contributed by atoms with Crippen molar-refractivity contribution in [1.82, 2.24) is 3.97 Å². The lowest BCUT2D eigenvalue weighted by Gasteiger charge is -2.09. The quantitative estimate of drug-likeness (QED) is 0.789. The largest absolute Gasteiger partial charge is 0.504 e. The molecule has 0 aliphatic carbocycles. The first kappa shape index (κ1) is 14.9. The summed E-state index contributed by atoms with van der Waals surface area (Å²) in [4.78, 5) is 0.248. The van der Waals surface area contributed by atoms with E-state index >= 15 is 0 Å². The van der Waals surface area contributed by atoms with Crippen LogP contribution in [0.3, 0.4) is 0 Å². The Morgan fingerprint density at radius 1 is 1.20 bits per heavy atom. The lowest BCUT2D eigenvalue weighted by molar-refractivity contribution is 0.341. The molecule has 0 saturated heterocycles. The van der Waals surface area contributed by atoms with E-state index in [-0.39, 0.29) is 4.90 Å². The first-order chi connectivity index (χ1) is 9.46. The van der Waals surface area contributed by atoms with Crippen molar-refractivity contribution in [3.63, 3.8) is 0 Å². The molecule has 0 radical (unpaired) electrons. The smallest absolute Gasteiger partial charge is 0.268 e. The molecule has 2 rings (SSSR count). The average Bonchev–Trinajstić information content (AvgIpc) is 2.79. The van der Waals surface area contributed by atoms with Gasteiger partial charge in [-0.25, -0.2) is 12.4 Å². The fourth-order valence-electron chi connectivity index (χ4n) is 1.72. The van der Waals surface area contributed by atoms with Crippen molar-refractivity contribution in [2.75, 3.05) is 7.11 Å². The van der Waals surface area contributed by atoms with Crippen molar-refractivity contribution in [3.05, 3.63) is 58.5 Å². The number of methoxy groups -OCH3 is 1. The van der Waals surface area contributed by atoms with Crippen LogP contribution in [0.25, 0.3) is 6.08 Å². The van der Waals surface area contributed by atoms with Crippen LogP contribution in [-0.2, 0) is 14.8 Å². The number of rotatable bonds is 4. The molecule has 0 N–H and O–H groups in total. The van der Waals surface area contributed by atoms with Crippen LogP contribution in [0.4, 0.5) is 0 Å². The zero-order valence-corrected chi connectivity index (χ0v) is 13.5. The van der Waals surface area contributed by atoms with Crippen molar-refractivity contribution < 1.29 is 13.2 Å². The summed E-state index contributed by atoms with van der Waals surface area (Å²) in [5, 5.41) is 0. The number of nitrogens with zero attached hydrogens (tertiary/aromatic N) is 1. The Morgan fingerprint density at radius 2 is 1.85 bits per heavy atom. The third kappa shape index (κ3) is 2.81. The Hall–Kier alpha value is -1.53. The number of aryl methyl sites for hydroxylation is 1. The molecule has 0 spiro atoms. The third-order valence-electron chi connectivity index (χ3n) is 2.78. The Kier molecular flexibility index (Phi) is 4.35. The second kappa shape index (κ2) is 5.85. The molecule has 0 amide bonds. The van der Waals surface area contributed by atoms with Crippen LogP contribution in [0.1, 0.15) is 11.3 Å². The van der Waals surface area contributed by atoms with E-state index < -0.39 is 10.0 Å². The zero-order valence-electron chi connectivity index (χ0n) is 11.1. The topological polar surface area (TPSA) is 48.3 Å². The van der Waals surface area contributed by atoms with Gasteiger partial charge in [0.25, 0.3) is 10.0 Å². The Bertz CT molecular complexity index is 730. The van der Waals surface area contributed by atoms with Gasteiger partial charge in [-0.15, -0.1) is 0 Å². The van der Waals surface area contributed by atoms with Gasteiger partial charge >= 0.3 is 0 Å². The van der Waals surface area contributed by atoms with Crippen LogP contribution in [0, 0.1) is 6.92 Å². The summed E-state index contributed by atoms with van der Waals surface area (Å²) in [5.74, 6) is 0. The van der Waals surface area contributed by atoms with E-state index in [0.29, 0.717) is 10.2 Å².